The summed E-state index contributed by atoms with van der Waals surface area (Å²) in [5, 5.41) is 1.20. The Morgan fingerprint density at radius 2 is 2.00 bits per heavy atom. The van der Waals surface area contributed by atoms with Gasteiger partial charge in [0.25, 0.3) is 0 Å². The molecule has 3 heteroatoms. The van der Waals surface area contributed by atoms with E-state index in [2.05, 4.69) is 0 Å². The maximum atomic E-state index is 10.6. The van der Waals surface area contributed by atoms with E-state index in [0.717, 1.165) is 5.56 Å². The van der Waals surface area contributed by atoms with Crippen LogP contribution >= 0.6 is 23.2 Å². The SMILES string of the molecule is CC(=O)C=CC=Cc1ccc(Cl)cc1Cl. The number of ketones is 1. The first-order valence-electron chi connectivity index (χ1n) is 4.40. The first-order chi connectivity index (χ1) is 7.09. The Balaban J connectivity index is 2.77. The molecule has 0 aliphatic carbocycles. The number of hydrogen-bond donors (Lipinski definition) is 0. The average molecular weight is 241 g/mol. The van der Waals surface area contributed by atoms with Crippen molar-refractivity contribution in [1.29, 1.82) is 0 Å². The van der Waals surface area contributed by atoms with Crippen molar-refractivity contribution in [2.24, 2.45) is 0 Å². The van der Waals surface area contributed by atoms with Crippen molar-refractivity contribution in [3.8, 4) is 0 Å². The van der Waals surface area contributed by atoms with Crippen molar-refractivity contribution < 1.29 is 4.79 Å². The van der Waals surface area contributed by atoms with E-state index in [1.54, 1.807) is 24.3 Å². The van der Waals surface area contributed by atoms with Crippen molar-refractivity contribution in [2.45, 2.75) is 6.92 Å². The van der Waals surface area contributed by atoms with Crippen LogP contribution in [0.3, 0.4) is 0 Å². The summed E-state index contributed by atoms with van der Waals surface area (Å²) < 4.78 is 0. The lowest BCUT2D eigenvalue weighted by Gasteiger charge is -1.97. The maximum Gasteiger partial charge on any atom is 0.152 e. The fourth-order valence-corrected chi connectivity index (χ4v) is 1.46. The normalized spacial score (nSPS) is 11.4. The molecule has 0 atom stereocenters. The van der Waals surface area contributed by atoms with Crippen molar-refractivity contribution in [2.75, 3.05) is 0 Å². The van der Waals surface area contributed by atoms with E-state index in [4.69, 9.17) is 23.2 Å². The van der Waals surface area contributed by atoms with E-state index in [9.17, 15) is 4.79 Å². The zero-order valence-electron chi connectivity index (χ0n) is 8.21. The molecule has 0 aliphatic rings. The molecule has 1 aromatic rings. The first kappa shape index (κ1) is 12.0. The Kier molecular flexibility index (Phi) is 4.60. The van der Waals surface area contributed by atoms with Gasteiger partial charge in [0.15, 0.2) is 5.78 Å². The standard InChI is InChI=1S/C12H10Cl2O/c1-9(15)4-2-3-5-10-6-7-11(13)8-12(10)14/h2-8H,1H3. The third kappa shape index (κ3) is 4.32. The molecule has 0 saturated carbocycles. The molecular formula is C12H10Cl2O. The highest BCUT2D eigenvalue weighted by Crippen LogP contribution is 2.21. The average Bonchev–Trinajstić information content (AvgIpc) is 2.14. The number of allylic oxidation sites excluding steroid dienone is 3. The molecule has 0 saturated heterocycles. The molecule has 0 radical (unpaired) electrons. The molecule has 0 aliphatic heterocycles. The molecular weight excluding hydrogens is 231 g/mol. The van der Waals surface area contributed by atoms with Crippen LogP contribution in [0.1, 0.15) is 12.5 Å². The van der Waals surface area contributed by atoms with Crippen LogP contribution in [0.15, 0.2) is 36.4 Å². The van der Waals surface area contributed by atoms with E-state index in [1.165, 1.54) is 13.0 Å². The summed E-state index contributed by atoms with van der Waals surface area (Å²) in [5.41, 5.74) is 0.870. The van der Waals surface area contributed by atoms with E-state index in [0.29, 0.717) is 10.0 Å². The highest BCUT2D eigenvalue weighted by molar-refractivity contribution is 6.35. The number of benzene rings is 1. The zero-order chi connectivity index (χ0) is 11.3. The molecule has 0 fully saturated rings. The Morgan fingerprint density at radius 3 is 2.60 bits per heavy atom. The van der Waals surface area contributed by atoms with Crippen LogP contribution in [0.2, 0.25) is 10.0 Å². The molecule has 1 aromatic carbocycles. The quantitative estimate of drug-likeness (QED) is 0.573. The lowest BCUT2D eigenvalue weighted by molar-refractivity contribution is -0.112. The van der Waals surface area contributed by atoms with Gasteiger partial charge in [-0.05, 0) is 30.7 Å². The Hall–Kier alpha value is -1.05. The lowest BCUT2D eigenvalue weighted by atomic mass is 10.2. The van der Waals surface area contributed by atoms with E-state index in [-0.39, 0.29) is 5.78 Å². The number of halogens is 2. The van der Waals surface area contributed by atoms with Crippen LogP contribution in [0.5, 0.6) is 0 Å². The van der Waals surface area contributed by atoms with Gasteiger partial charge < -0.3 is 0 Å². The zero-order valence-corrected chi connectivity index (χ0v) is 9.72. The van der Waals surface area contributed by atoms with E-state index >= 15 is 0 Å². The summed E-state index contributed by atoms with van der Waals surface area (Å²) >= 11 is 11.7. The molecule has 0 amide bonds. The van der Waals surface area contributed by atoms with Gasteiger partial charge in [-0.1, -0.05) is 47.5 Å². The second kappa shape index (κ2) is 5.74. The number of hydrogen-bond acceptors (Lipinski definition) is 1. The first-order valence-corrected chi connectivity index (χ1v) is 5.15. The second-order valence-electron chi connectivity index (χ2n) is 2.99. The number of carbonyl (C=O) groups is 1. The summed E-state index contributed by atoms with van der Waals surface area (Å²) in [4.78, 5) is 10.6. The molecule has 78 valence electrons. The van der Waals surface area contributed by atoms with Crippen LogP contribution in [0.25, 0.3) is 6.08 Å². The Labute approximate surface area is 99.0 Å². The highest BCUT2D eigenvalue weighted by Gasteiger charge is 1.95. The van der Waals surface area contributed by atoms with Crippen molar-refractivity contribution in [3.63, 3.8) is 0 Å². The van der Waals surface area contributed by atoms with Gasteiger partial charge in [0.05, 0.1) is 0 Å². The van der Waals surface area contributed by atoms with Crippen molar-refractivity contribution in [1.82, 2.24) is 0 Å². The third-order valence-corrected chi connectivity index (χ3v) is 2.24. The van der Waals surface area contributed by atoms with Crippen LogP contribution in [0, 0.1) is 0 Å². The largest absolute Gasteiger partial charge is 0.295 e. The summed E-state index contributed by atoms with van der Waals surface area (Å²) in [5.74, 6) is 0.0156. The molecule has 1 nitrogen and oxygen atoms in total. The monoisotopic (exact) mass is 240 g/mol. The van der Waals surface area contributed by atoms with Crippen LogP contribution in [-0.4, -0.2) is 5.78 Å². The van der Waals surface area contributed by atoms with Crippen LogP contribution < -0.4 is 0 Å². The predicted molar refractivity (Wildman–Crippen MR) is 65.3 cm³/mol. The molecule has 0 spiro atoms. The van der Waals surface area contributed by atoms with E-state index < -0.39 is 0 Å². The van der Waals surface area contributed by atoms with Gasteiger partial charge in [0.1, 0.15) is 0 Å². The lowest BCUT2D eigenvalue weighted by Crippen LogP contribution is -1.78. The predicted octanol–water partition coefficient (Wildman–Crippen LogP) is 4.15. The molecule has 0 aromatic heterocycles. The highest BCUT2D eigenvalue weighted by atomic mass is 35.5. The van der Waals surface area contributed by atoms with Gasteiger partial charge in [0.2, 0.25) is 0 Å². The van der Waals surface area contributed by atoms with Crippen molar-refractivity contribution in [3.05, 3.63) is 52.0 Å². The van der Waals surface area contributed by atoms with Crippen LogP contribution in [-0.2, 0) is 4.79 Å². The molecule has 0 unspecified atom stereocenters. The summed E-state index contributed by atoms with van der Waals surface area (Å²) in [6.07, 6.45) is 6.74. The minimum Gasteiger partial charge on any atom is -0.295 e. The van der Waals surface area contributed by atoms with E-state index in [1.807, 2.05) is 12.1 Å². The Bertz CT molecular complexity index is 420. The summed E-state index contributed by atoms with van der Waals surface area (Å²) in [6, 6.07) is 5.27. The van der Waals surface area contributed by atoms with Gasteiger partial charge in [-0.3, -0.25) is 4.79 Å². The number of carbonyl (C=O) groups excluding carboxylic acids is 1. The van der Waals surface area contributed by atoms with Crippen molar-refractivity contribution >= 4 is 35.1 Å². The molecule has 15 heavy (non-hydrogen) atoms. The Morgan fingerprint density at radius 1 is 1.27 bits per heavy atom. The van der Waals surface area contributed by atoms with Gasteiger partial charge in [-0.2, -0.15) is 0 Å². The molecule has 1 rings (SSSR count). The second-order valence-corrected chi connectivity index (χ2v) is 3.84. The maximum absolute atomic E-state index is 10.6. The fraction of sp³-hybridized carbons (Fsp3) is 0.0833. The minimum atomic E-state index is 0.0156. The smallest absolute Gasteiger partial charge is 0.152 e. The topological polar surface area (TPSA) is 17.1 Å². The minimum absolute atomic E-state index is 0.0156. The van der Waals surface area contributed by atoms with Gasteiger partial charge in [-0.15, -0.1) is 0 Å². The molecule has 0 N–H and O–H groups in total. The van der Waals surface area contributed by atoms with Gasteiger partial charge in [0, 0.05) is 10.0 Å². The van der Waals surface area contributed by atoms with Gasteiger partial charge >= 0.3 is 0 Å². The molecule has 0 heterocycles. The summed E-state index contributed by atoms with van der Waals surface area (Å²) in [6.45, 7) is 1.50. The summed E-state index contributed by atoms with van der Waals surface area (Å²) in [7, 11) is 0. The number of rotatable bonds is 3. The fourth-order valence-electron chi connectivity index (χ4n) is 0.987. The van der Waals surface area contributed by atoms with Gasteiger partial charge in [-0.25, -0.2) is 0 Å². The molecule has 0 bridgehead atoms. The third-order valence-electron chi connectivity index (χ3n) is 1.68. The van der Waals surface area contributed by atoms with Crippen LogP contribution in [0.4, 0.5) is 0 Å².